The molecule has 2 atom stereocenters. The lowest BCUT2D eigenvalue weighted by Crippen LogP contribution is -2.42. The second kappa shape index (κ2) is 18.8. The van der Waals surface area contributed by atoms with Crippen LogP contribution in [0.5, 0.6) is 11.5 Å². The third-order valence-electron chi connectivity index (χ3n) is 8.93. The molecule has 1 aromatic heterocycles. The number of benzene rings is 3. The van der Waals surface area contributed by atoms with E-state index in [2.05, 4.69) is 29.5 Å². The van der Waals surface area contributed by atoms with Crippen LogP contribution in [0.3, 0.4) is 0 Å². The third-order valence-corrected chi connectivity index (χ3v) is 10.4. The van der Waals surface area contributed by atoms with Gasteiger partial charge >= 0.3 is 18.1 Å². The van der Waals surface area contributed by atoms with Crippen LogP contribution >= 0.6 is 23.4 Å². The molecule has 10 nitrogen and oxygen atoms in total. The van der Waals surface area contributed by atoms with E-state index in [9.17, 15) is 14.4 Å². The van der Waals surface area contributed by atoms with Crippen molar-refractivity contribution in [1.29, 1.82) is 0 Å². The number of nitrogens with zero attached hydrogens (tertiary/aromatic N) is 1. The van der Waals surface area contributed by atoms with Gasteiger partial charge in [0, 0.05) is 59.2 Å². The molecule has 0 fully saturated rings. The second-order valence-electron chi connectivity index (χ2n) is 12.5. The van der Waals surface area contributed by atoms with E-state index in [1.807, 2.05) is 78.5 Å². The van der Waals surface area contributed by atoms with E-state index in [1.165, 1.54) is 5.56 Å². The minimum Gasteiger partial charge on any atom is -0.490 e. The Hall–Kier alpha value is -4.35. The lowest BCUT2D eigenvalue weighted by Gasteiger charge is -2.35. The number of carbonyl (C=O) groups excluding carboxylic acids is 3. The van der Waals surface area contributed by atoms with Crippen LogP contribution in [0, 0.1) is 0 Å². The molecule has 12 heteroatoms. The minimum atomic E-state index is -0.422. The summed E-state index contributed by atoms with van der Waals surface area (Å²) in [5.74, 6) is 1.76. The number of hydrogen-bond acceptors (Lipinski definition) is 7. The lowest BCUT2D eigenvalue weighted by molar-refractivity contribution is -0.144. The number of fused-ring (bicyclic) bond motifs is 3. The van der Waals surface area contributed by atoms with Gasteiger partial charge in [0.2, 0.25) is 0 Å². The average molecular weight is 735 g/mol. The van der Waals surface area contributed by atoms with Crippen molar-refractivity contribution in [2.75, 3.05) is 39.1 Å². The highest BCUT2D eigenvalue weighted by molar-refractivity contribution is 7.99. The summed E-state index contributed by atoms with van der Waals surface area (Å²) >= 11 is 8.17. The Bertz CT molecular complexity index is 1760. The number of ether oxygens (including phenoxy) is 3. The Kier molecular flexibility index (Phi) is 13.9. The molecule has 0 bridgehead atoms. The Labute approximate surface area is 308 Å². The summed E-state index contributed by atoms with van der Waals surface area (Å²) in [6.07, 6.45) is 4.22. The lowest BCUT2D eigenvalue weighted by atomic mass is 9.92. The van der Waals surface area contributed by atoms with Crippen LogP contribution in [0.2, 0.25) is 5.02 Å². The molecule has 3 aromatic carbocycles. The van der Waals surface area contributed by atoms with Gasteiger partial charge in [0.1, 0.15) is 30.8 Å². The number of aromatic amines is 1. The zero-order valence-electron chi connectivity index (χ0n) is 29.5. The molecule has 1 aliphatic rings. The Morgan fingerprint density at radius 2 is 1.78 bits per heavy atom. The van der Waals surface area contributed by atoms with Crippen molar-refractivity contribution in [3.63, 3.8) is 0 Å². The van der Waals surface area contributed by atoms with Crippen LogP contribution in [0.15, 0.2) is 66.7 Å². The van der Waals surface area contributed by atoms with Crippen molar-refractivity contribution in [3.05, 3.63) is 94.1 Å². The fourth-order valence-corrected chi connectivity index (χ4v) is 7.32. The van der Waals surface area contributed by atoms with E-state index < -0.39 is 12.1 Å². The molecule has 1 aliphatic heterocycles. The van der Waals surface area contributed by atoms with E-state index in [0.717, 1.165) is 59.2 Å². The van der Waals surface area contributed by atoms with Crippen molar-refractivity contribution >= 4 is 52.4 Å². The molecular formula is C39H47ClN4O6S. The molecule has 0 saturated carbocycles. The number of amides is 3. The first-order chi connectivity index (χ1) is 24.7. The van der Waals surface area contributed by atoms with Gasteiger partial charge in [-0.25, -0.2) is 9.59 Å². The molecule has 3 amide bonds. The van der Waals surface area contributed by atoms with Crippen molar-refractivity contribution in [1.82, 2.24) is 20.5 Å². The molecule has 51 heavy (non-hydrogen) atoms. The number of halogens is 1. The number of aryl methyl sites for hydroxylation is 1. The van der Waals surface area contributed by atoms with Crippen LogP contribution in [-0.4, -0.2) is 72.3 Å². The highest BCUT2D eigenvalue weighted by Crippen LogP contribution is 2.40. The zero-order chi connectivity index (χ0) is 36.2. The number of thioether (sulfide) groups is 1. The fourth-order valence-electron chi connectivity index (χ4n) is 6.19. The van der Waals surface area contributed by atoms with Gasteiger partial charge < -0.3 is 29.8 Å². The van der Waals surface area contributed by atoms with E-state index in [-0.39, 0.29) is 25.2 Å². The van der Waals surface area contributed by atoms with Crippen LogP contribution in [0.4, 0.5) is 9.59 Å². The van der Waals surface area contributed by atoms with Gasteiger partial charge in [-0.3, -0.25) is 9.69 Å². The predicted octanol–water partition coefficient (Wildman–Crippen LogP) is 8.06. The van der Waals surface area contributed by atoms with Gasteiger partial charge in [-0.2, -0.15) is 11.8 Å². The summed E-state index contributed by atoms with van der Waals surface area (Å²) in [4.78, 5) is 42.4. The van der Waals surface area contributed by atoms with Crippen molar-refractivity contribution < 1.29 is 28.6 Å². The van der Waals surface area contributed by atoms with Gasteiger partial charge in [0.25, 0.3) is 0 Å². The first-order valence-corrected chi connectivity index (χ1v) is 19.0. The van der Waals surface area contributed by atoms with E-state index in [0.29, 0.717) is 47.7 Å². The number of aromatic nitrogens is 1. The number of carbonyl (C=O) groups is 3. The minimum absolute atomic E-state index is 0.160. The van der Waals surface area contributed by atoms with Gasteiger partial charge in [-0.05, 0) is 84.8 Å². The molecule has 4 aromatic rings. The molecule has 2 unspecified atom stereocenters. The fraction of sp³-hybridized carbons (Fsp3) is 0.410. The molecule has 2 heterocycles. The summed E-state index contributed by atoms with van der Waals surface area (Å²) in [7, 11) is 1.60. The maximum absolute atomic E-state index is 13.7. The molecule has 272 valence electrons. The summed E-state index contributed by atoms with van der Waals surface area (Å²) in [6.45, 7) is 5.74. The Morgan fingerprint density at radius 3 is 2.53 bits per heavy atom. The SMILES string of the molecule is CCc1ccc(OC(=O)N2CCc3c([nH]c4ccc(Cl)cc34)C2c2ccc(OCCOC(=O)CCCCC(C)SCCNC(=O)NC)cc2)cc1. The zero-order valence-corrected chi connectivity index (χ0v) is 31.0. The van der Waals surface area contributed by atoms with Crippen LogP contribution < -0.4 is 20.1 Å². The number of rotatable bonds is 16. The highest BCUT2D eigenvalue weighted by atomic mass is 35.5. The van der Waals surface area contributed by atoms with Gasteiger partial charge in [-0.1, -0.05) is 56.1 Å². The number of H-pyrrole nitrogens is 1. The number of hydrogen-bond donors (Lipinski definition) is 3. The van der Waals surface area contributed by atoms with Crippen LogP contribution in [0.1, 0.15) is 68.0 Å². The molecular weight excluding hydrogens is 688 g/mol. The molecule has 3 N–H and O–H groups in total. The average Bonchev–Trinajstić information content (AvgIpc) is 3.51. The van der Waals surface area contributed by atoms with Crippen LogP contribution in [0.25, 0.3) is 10.9 Å². The summed E-state index contributed by atoms with van der Waals surface area (Å²) < 4.78 is 17.1. The topological polar surface area (TPSA) is 122 Å². The molecule has 0 spiro atoms. The smallest absolute Gasteiger partial charge is 0.416 e. The molecule has 5 rings (SSSR count). The summed E-state index contributed by atoms with van der Waals surface area (Å²) in [5.41, 5.74) is 5.10. The molecule has 0 saturated heterocycles. The highest BCUT2D eigenvalue weighted by Gasteiger charge is 2.36. The van der Waals surface area contributed by atoms with E-state index >= 15 is 0 Å². The van der Waals surface area contributed by atoms with Gasteiger partial charge in [0.05, 0.1) is 0 Å². The van der Waals surface area contributed by atoms with E-state index in [1.54, 1.807) is 11.9 Å². The van der Waals surface area contributed by atoms with Crippen molar-refractivity contribution in [2.24, 2.45) is 0 Å². The number of urea groups is 1. The standard InChI is InChI=1S/C39H47ClN4O6S/c1-4-27-9-14-31(15-10-27)50-39(47)44-21-19-32-33-25-29(40)13-18-34(33)43-36(32)37(44)28-11-16-30(17-12-28)48-22-23-49-35(45)8-6-5-7-26(2)51-24-20-42-38(46)41-3/h9-18,25-26,37,43H,4-8,19-24H2,1-3H3,(H2,41,42,46). The third kappa shape index (κ3) is 10.6. The maximum atomic E-state index is 13.7. The number of nitrogens with one attached hydrogen (secondary N) is 3. The predicted molar refractivity (Wildman–Crippen MR) is 203 cm³/mol. The number of unbranched alkanes of at least 4 members (excludes halogenated alkanes) is 1. The Morgan fingerprint density at radius 1 is 1.02 bits per heavy atom. The van der Waals surface area contributed by atoms with Crippen molar-refractivity contribution in [3.8, 4) is 11.5 Å². The van der Waals surface area contributed by atoms with E-state index in [4.69, 9.17) is 25.8 Å². The largest absolute Gasteiger partial charge is 0.490 e. The molecule has 0 radical (unpaired) electrons. The number of esters is 1. The normalized spacial score (nSPS) is 14.4. The van der Waals surface area contributed by atoms with Crippen molar-refractivity contribution in [2.45, 2.75) is 63.7 Å². The van der Waals surface area contributed by atoms with Gasteiger partial charge in [-0.15, -0.1) is 0 Å². The quantitative estimate of drug-likeness (QED) is 0.0787. The van der Waals surface area contributed by atoms with Gasteiger partial charge in [0.15, 0.2) is 0 Å². The maximum Gasteiger partial charge on any atom is 0.416 e. The summed E-state index contributed by atoms with van der Waals surface area (Å²) in [5, 5.41) is 7.48. The molecule has 0 aliphatic carbocycles. The Balaban J connectivity index is 1.13. The summed E-state index contributed by atoms with van der Waals surface area (Å²) in [6, 6.07) is 20.4. The second-order valence-corrected chi connectivity index (χ2v) is 14.5. The first-order valence-electron chi connectivity index (χ1n) is 17.6. The van der Waals surface area contributed by atoms with Crippen LogP contribution in [-0.2, 0) is 22.4 Å². The monoisotopic (exact) mass is 734 g/mol. The first kappa shape index (κ1) is 37.9.